The Kier molecular flexibility index (Phi) is 9.46. The van der Waals surface area contributed by atoms with E-state index in [-0.39, 0.29) is 0 Å². The molecule has 1 saturated carbocycles. The van der Waals surface area contributed by atoms with Crippen LogP contribution in [0.2, 0.25) is 0 Å². The van der Waals surface area contributed by atoms with Crippen LogP contribution in [0.5, 0.6) is 0 Å². The van der Waals surface area contributed by atoms with Crippen LogP contribution in [-0.2, 0) is 0 Å². The first-order valence-electron chi connectivity index (χ1n) is 7.90. The molecule has 0 aliphatic heterocycles. The molecule has 0 N–H and O–H groups in total. The number of hydrogen-bond acceptors (Lipinski definition) is 0. The summed E-state index contributed by atoms with van der Waals surface area (Å²) < 4.78 is 0. The second-order valence-corrected chi connectivity index (χ2v) is 5.54. The molecule has 1 aliphatic carbocycles. The Bertz CT molecular complexity index is 176. The lowest BCUT2D eigenvalue weighted by Crippen LogP contribution is -1.90. The maximum atomic E-state index is 3.92. The van der Waals surface area contributed by atoms with Gasteiger partial charge in [-0.25, -0.2) is 0 Å². The molecule has 0 unspecified atom stereocenters. The van der Waals surface area contributed by atoms with Crippen molar-refractivity contribution in [3.63, 3.8) is 0 Å². The minimum absolute atomic E-state index is 1.09. The lowest BCUT2D eigenvalue weighted by atomic mass is 9.96. The zero-order valence-corrected chi connectivity index (χ0v) is 11.7. The quantitative estimate of drug-likeness (QED) is 0.402. The lowest BCUT2D eigenvalue weighted by Gasteiger charge is -2.10. The Morgan fingerprint density at radius 3 is 1.71 bits per heavy atom. The summed E-state index contributed by atoms with van der Waals surface area (Å²) in [5, 5.41) is 0. The molecule has 0 amide bonds. The molecule has 17 heavy (non-hydrogen) atoms. The average molecular weight is 235 g/mol. The molecule has 99 valence electrons. The van der Waals surface area contributed by atoms with Gasteiger partial charge in [0.2, 0.25) is 0 Å². The highest BCUT2D eigenvalue weighted by Crippen LogP contribution is 2.21. The molecule has 0 heteroatoms. The van der Waals surface area contributed by atoms with Gasteiger partial charge in [-0.15, -0.1) is 0 Å². The van der Waals surface area contributed by atoms with Gasteiger partial charge in [0.05, 0.1) is 0 Å². The molecule has 0 heterocycles. The number of hydrogen-bond donors (Lipinski definition) is 0. The van der Waals surface area contributed by atoms with Crippen LogP contribution in [0.3, 0.4) is 0 Å². The van der Waals surface area contributed by atoms with Gasteiger partial charge in [0.15, 0.2) is 0 Å². The normalized spacial score (nSPS) is 20.4. The third-order valence-corrected chi connectivity index (χ3v) is 3.88. The fourth-order valence-corrected chi connectivity index (χ4v) is 2.72. The standard InChI is InChI=1S/C17H31/c1-2-3-11-14-17-15-12-9-7-5-4-6-8-10-13-16-17/h14H,1-13,15-16H2. The van der Waals surface area contributed by atoms with Gasteiger partial charge in [-0.1, -0.05) is 69.9 Å². The van der Waals surface area contributed by atoms with Crippen molar-refractivity contribution >= 4 is 0 Å². The summed E-state index contributed by atoms with van der Waals surface area (Å²) in [6, 6.07) is 0. The molecule has 0 aromatic rings. The zero-order valence-electron chi connectivity index (χ0n) is 11.7. The van der Waals surface area contributed by atoms with Gasteiger partial charge in [0, 0.05) is 0 Å². The van der Waals surface area contributed by atoms with E-state index in [0.29, 0.717) is 0 Å². The molecule has 0 nitrogen and oxygen atoms in total. The molecule has 0 bridgehead atoms. The van der Waals surface area contributed by atoms with Crippen LogP contribution in [0.25, 0.3) is 0 Å². The first-order chi connectivity index (χ1) is 8.43. The van der Waals surface area contributed by atoms with Gasteiger partial charge in [0.25, 0.3) is 0 Å². The summed E-state index contributed by atoms with van der Waals surface area (Å²) in [6.45, 7) is 3.92. The van der Waals surface area contributed by atoms with Gasteiger partial charge in [-0.2, -0.15) is 0 Å². The van der Waals surface area contributed by atoms with Gasteiger partial charge < -0.3 is 0 Å². The average Bonchev–Trinajstić information content (AvgIpc) is 2.32. The SMILES string of the molecule is [CH2]CCCC=C1CCCCCCCCCCC1. The van der Waals surface area contributed by atoms with E-state index in [9.17, 15) is 0 Å². The van der Waals surface area contributed by atoms with E-state index < -0.39 is 0 Å². The van der Waals surface area contributed by atoms with Gasteiger partial charge in [-0.05, 0) is 38.5 Å². The third kappa shape index (κ3) is 8.46. The summed E-state index contributed by atoms with van der Waals surface area (Å²) >= 11 is 0. The molecule has 1 radical (unpaired) electrons. The zero-order chi connectivity index (χ0) is 12.2. The van der Waals surface area contributed by atoms with Crippen LogP contribution in [0.4, 0.5) is 0 Å². The number of allylic oxidation sites excluding steroid dienone is 2. The smallest absolute Gasteiger partial charge is 0.0320 e. The van der Waals surface area contributed by atoms with E-state index in [1.54, 1.807) is 5.57 Å². The highest BCUT2D eigenvalue weighted by atomic mass is 14.1. The van der Waals surface area contributed by atoms with Crippen LogP contribution in [-0.4, -0.2) is 0 Å². The monoisotopic (exact) mass is 235 g/mol. The Morgan fingerprint density at radius 2 is 1.24 bits per heavy atom. The van der Waals surface area contributed by atoms with Crippen LogP contribution < -0.4 is 0 Å². The minimum Gasteiger partial charge on any atom is -0.0853 e. The van der Waals surface area contributed by atoms with Crippen LogP contribution in [0.15, 0.2) is 11.6 Å². The number of rotatable bonds is 3. The molecule has 1 aliphatic rings. The Labute approximate surface area is 109 Å². The third-order valence-electron chi connectivity index (χ3n) is 3.88. The summed E-state index contributed by atoms with van der Waals surface area (Å²) in [7, 11) is 0. The van der Waals surface area contributed by atoms with Crippen molar-refractivity contribution in [2.45, 2.75) is 89.9 Å². The lowest BCUT2D eigenvalue weighted by molar-refractivity contribution is 0.539. The van der Waals surface area contributed by atoms with E-state index >= 15 is 0 Å². The van der Waals surface area contributed by atoms with Crippen molar-refractivity contribution in [1.29, 1.82) is 0 Å². The van der Waals surface area contributed by atoms with E-state index in [1.165, 1.54) is 83.5 Å². The highest BCUT2D eigenvalue weighted by Gasteiger charge is 2.01. The molecule has 0 atom stereocenters. The van der Waals surface area contributed by atoms with Crippen molar-refractivity contribution in [2.75, 3.05) is 0 Å². The molecular formula is C17H31. The fraction of sp³-hybridized carbons (Fsp3) is 0.824. The highest BCUT2D eigenvalue weighted by molar-refractivity contribution is 5.02. The van der Waals surface area contributed by atoms with Crippen molar-refractivity contribution in [2.24, 2.45) is 0 Å². The number of unbranched alkanes of at least 4 members (excludes halogenated alkanes) is 2. The van der Waals surface area contributed by atoms with Crippen molar-refractivity contribution in [1.82, 2.24) is 0 Å². The first kappa shape index (κ1) is 14.8. The molecule has 0 aromatic carbocycles. The van der Waals surface area contributed by atoms with Gasteiger partial charge in [0.1, 0.15) is 0 Å². The van der Waals surface area contributed by atoms with E-state index in [1.807, 2.05) is 0 Å². The van der Waals surface area contributed by atoms with Crippen LogP contribution in [0, 0.1) is 6.92 Å². The first-order valence-corrected chi connectivity index (χ1v) is 7.90. The molecule has 0 spiro atoms. The summed E-state index contributed by atoms with van der Waals surface area (Å²) in [5.74, 6) is 0. The largest absolute Gasteiger partial charge is 0.0853 e. The molecule has 1 rings (SSSR count). The maximum Gasteiger partial charge on any atom is -0.0320 e. The predicted octanol–water partition coefficient (Wildman–Crippen LogP) is 6.22. The summed E-state index contributed by atoms with van der Waals surface area (Å²) in [5.41, 5.74) is 1.75. The van der Waals surface area contributed by atoms with Crippen molar-refractivity contribution in [3.8, 4) is 0 Å². The second-order valence-electron chi connectivity index (χ2n) is 5.54. The van der Waals surface area contributed by atoms with E-state index in [4.69, 9.17) is 0 Å². The van der Waals surface area contributed by atoms with Crippen molar-refractivity contribution in [3.05, 3.63) is 18.6 Å². The Morgan fingerprint density at radius 1 is 0.765 bits per heavy atom. The Balaban J connectivity index is 2.29. The van der Waals surface area contributed by atoms with Gasteiger partial charge in [-0.3, -0.25) is 0 Å². The summed E-state index contributed by atoms with van der Waals surface area (Å²) in [4.78, 5) is 0. The van der Waals surface area contributed by atoms with Crippen molar-refractivity contribution < 1.29 is 0 Å². The maximum absolute atomic E-state index is 3.92. The van der Waals surface area contributed by atoms with Crippen LogP contribution >= 0.6 is 0 Å². The fourth-order valence-electron chi connectivity index (χ4n) is 2.72. The van der Waals surface area contributed by atoms with Gasteiger partial charge >= 0.3 is 0 Å². The topological polar surface area (TPSA) is 0 Å². The Hall–Kier alpha value is -0.260. The van der Waals surface area contributed by atoms with E-state index in [2.05, 4.69) is 13.0 Å². The molecule has 0 saturated heterocycles. The molecule has 1 fully saturated rings. The molecule has 0 aromatic heterocycles. The van der Waals surface area contributed by atoms with E-state index in [0.717, 1.165) is 6.42 Å². The predicted molar refractivity (Wildman–Crippen MR) is 78.1 cm³/mol. The minimum atomic E-state index is 1.09. The summed E-state index contributed by atoms with van der Waals surface area (Å²) in [6.07, 6.45) is 22.0. The van der Waals surface area contributed by atoms with Crippen LogP contribution in [0.1, 0.15) is 89.9 Å². The molecular weight excluding hydrogens is 204 g/mol. The second kappa shape index (κ2) is 10.9.